The summed E-state index contributed by atoms with van der Waals surface area (Å²) < 4.78 is 10.5. The third kappa shape index (κ3) is 4.28. The topological polar surface area (TPSA) is 61.5 Å². The van der Waals surface area contributed by atoms with Crippen molar-refractivity contribution in [2.45, 2.75) is 57.6 Å². The Morgan fingerprint density at radius 1 is 1.53 bits per heavy atom. The minimum Gasteiger partial charge on any atom is -0.468 e. The number of carbonyl (C=O) groups excluding carboxylic acids is 1. The van der Waals surface area contributed by atoms with Crippen LogP contribution in [0.5, 0.6) is 0 Å². The molecule has 4 heteroatoms. The van der Waals surface area contributed by atoms with Crippen LogP contribution in [0.25, 0.3) is 0 Å². The highest BCUT2D eigenvalue weighted by atomic mass is 16.5. The quantitative estimate of drug-likeness (QED) is 0.571. The maximum Gasteiger partial charge on any atom is 0.325 e. The van der Waals surface area contributed by atoms with E-state index < -0.39 is 5.54 Å². The largest absolute Gasteiger partial charge is 0.468 e. The van der Waals surface area contributed by atoms with Crippen LogP contribution in [-0.4, -0.2) is 31.3 Å². The smallest absolute Gasteiger partial charge is 0.325 e. The zero-order chi connectivity index (χ0) is 12.9. The molecule has 4 nitrogen and oxygen atoms in total. The Morgan fingerprint density at radius 2 is 2.24 bits per heavy atom. The minimum absolute atomic E-state index is 0.117. The van der Waals surface area contributed by atoms with Crippen molar-refractivity contribution in [3.05, 3.63) is 0 Å². The van der Waals surface area contributed by atoms with Crippen LogP contribution < -0.4 is 5.73 Å². The highest BCUT2D eigenvalue weighted by Gasteiger charge is 2.43. The second-order valence-corrected chi connectivity index (χ2v) is 5.42. The number of methoxy groups -OCH3 is 1. The van der Waals surface area contributed by atoms with Gasteiger partial charge in [0.05, 0.1) is 13.2 Å². The van der Waals surface area contributed by atoms with Crippen LogP contribution in [0.2, 0.25) is 0 Å². The third-order valence-corrected chi connectivity index (χ3v) is 3.38. The van der Waals surface area contributed by atoms with Gasteiger partial charge < -0.3 is 15.2 Å². The van der Waals surface area contributed by atoms with E-state index >= 15 is 0 Å². The summed E-state index contributed by atoms with van der Waals surface area (Å²) in [5.41, 5.74) is 5.18. The summed E-state index contributed by atoms with van der Waals surface area (Å²) in [4.78, 5) is 11.5. The summed E-state index contributed by atoms with van der Waals surface area (Å²) in [6.07, 6.45) is 4.47. The molecule has 1 aliphatic rings. The predicted octanol–water partition coefficient (Wildman–Crippen LogP) is 1.86. The zero-order valence-corrected chi connectivity index (χ0v) is 11.2. The number of ether oxygens (including phenoxy) is 2. The van der Waals surface area contributed by atoms with Crippen molar-refractivity contribution in [1.29, 1.82) is 0 Å². The fourth-order valence-corrected chi connectivity index (χ4v) is 2.30. The molecule has 0 aliphatic heterocycles. The first-order chi connectivity index (χ1) is 7.98. The van der Waals surface area contributed by atoms with Gasteiger partial charge in [0.15, 0.2) is 0 Å². The van der Waals surface area contributed by atoms with Crippen LogP contribution in [0, 0.1) is 5.92 Å². The number of esters is 1. The first-order valence-corrected chi connectivity index (χ1v) is 6.47. The Kier molecular flexibility index (Phi) is 5.40. The lowest BCUT2D eigenvalue weighted by Crippen LogP contribution is -2.46. The Hall–Kier alpha value is -0.610. The van der Waals surface area contributed by atoms with Crippen LogP contribution in [0.4, 0.5) is 0 Å². The molecular weight excluding hydrogens is 218 g/mol. The molecule has 1 fully saturated rings. The van der Waals surface area contributed by atoms with Crippen molar-refractivity contribution < 1.29 is 14.3 Å². The molecule has 100 valence electrons. The third-order valence-electron chi connectivity index (χ3n) is 3.38. The molecule has 0 spiro atoms. The average molecular weight is 243 g/mol. The minimum atomic E-state index is -0.822. The van der Waals surface area contributed by atoms with Gasteiger partial charge in [-0.25, -0.2) is 0 Å². The summed E-state index contributed by atoms with van der Waals surface area (Å²) in [5, 5.41) is 0. The highest BCUT2D eigenvalue weighted by molar-refractivity contribution is 5.80. The lowest BCUT2D eigenvalue weighted by Gasteiger charge is -2.20. The van der Waals surface area contributed by atoms with E-state index in [9.17, 15) is 4.79 Å². The maximum atomic E-state index is 11.5. The fourth-order valence-electron chi connectivity index (χ4n) is 2.30. The van der Waals surface area contributed by atoms with E-state index in [2.05, 4.69) is 13.8 Å². The molecular formula is C13H25NO3. The van der Waals surface area contributed by atoms with Gasteiger partial charge in [0.2, 0.25) is 0 Å². The summed E-state index contributed by atoms with van der Waals surface area (Å²) >= 11 is 0. The summed E-state index contributed by atoms with van der Waals surface area (Å²) in [6.45, 7) is 5.18. The molecule has 0 aromatic carbocycles. The first-order valence-electron chi connectivity index (χ1n) is 6.47. The van der Waals surface area contributed by atoms with E-state index in [4.69, 9.17) is 15.2 Å². The molecule has 0 bridgehead atoms. The van der Waals surface area contributed by atoms with Gasteiger partial charge in [0.25, 0.3) is 0 Å². The molecule has 2 atom stereocenters. The normalized spacial score (nSPS) is 28.6. The van der Waals surface area contributed by atoms with Gasteiger partial charge in [-0.05, 0) is 31.6 Å². The van der Waals surface area contributed by atoms with Gasteiger partial charge in [-0.2, -0.15) is 0 Å². The van der Waals surface area contributed by atoms with E-state index in [1.165, 1.54) is 13.5 Å². The lowest BCUT2D eigenvalue weighted by atomic mass is 10.00. The van der Waals surface area contributed by atoms with E-state index in [0.29, 0.717) is 18.8 Å². The van der Waals surface area contributed by atoms with Gasteiger partial charge in [0.1, 0.15) is 5.54 Å². The number of hydrogen-bond acceptors (Lipinski definition) is 4. The van der Waals surface area contributed by atoms with Crippen LogP contribution in [-0.2, 0) is 14.3 Å². The molecule has 0 amide bonds. The zero-order valence-electron chi connectivity index (χ0n) is 11.2. The van der Waals surface area contributed by atoms with Crippen molar-refractivity contribution in [3.63, 3.8) is 0 Å². The van der Waals surface area contributed by atoms with Crippen molar-refractivity contribution >= 4 is 5.97 Å². The fraction of sp³-hybridized carbons (Fsp3) is 0.923. The maximum absolute atomic E-state index is 11.5. The summed E-state index contributed by atoms with van der Waals surface area (Å²) in [5.74, 6) is 0.400. The molecule has 1 aliphatic carbocycles. The van der Waals surface area contributed by atoms with Crippen molar-refractivity contribution in [1.82, 2.24) is 0 Å². The van der Waals surface area contributed by atoms with Crippen LogP contribution >= 0.6 is 0 Å². The van der Waals surface area contributed by atoms with Crippen LogP contribution in [0.15, 0.2) is 0 Å². The predicted molar refractivity (Wildman–Crippen MR) is 66.6 cm³/mol. The molecule has 0 heterocycles. The number of nitrogens with two attached hydrogens (primary N) is 1. The van der Waals surface area contributed by atoms with Gasteiger partial charge in [-0.1, -0.05) is 13.8 Å². The summed E-state index contributed by atoms with van der Waals surface area (Å²) in [7, 11) is 1.38. The van der Waals surface area contributed by atoms with E-state index in [1.54, 1.807) is 0 Å². The Labute approximate surface area is 104 Å². The van der Waals surface area contributed by atoms with Crippen LogP contribution in [0.1, 0.15) is 46.0 Å². The average Bonchev–Trinajstić information content (AvgIpc) is 2.66. The molecule has 2 N–H and O–H groups in total. The Bertz CT molecular complexity index is 255. The molecule has 2 unspecified atom stereocenters. The van der Waals surface area contributed by atoms with Gasteiger partial charge in [0, 0.05) is 13.0 Å². The Balaban J connectivity index is 2.24. The molecule has 0 saturated heterocycles. The Morgan fingerprint density at radius 3 is 2.82 bits per heavy atom. The molecule has 1 rings (SSSR count). The second kappa shape index (κ2) is 6.36. The number of hydrogen-bond donors (Lipinski definition) is 1. The second-order valence-electron chi connectivity index (χ2n) is 5.42. The lowest BCUT2D eigenvalue weighted by molar-refractivity contribution is -0.147. The molecule has 0 aromatic heterocycles. The van der Waals surface area contributed by atoms with Crippen molar-refractivity contribution in [3.8, 4) is 0 Å². The molecule has 1 saturated carbocycles. The SMILES string of the molecule is COC(=O)C1(N)CCC(OCCCC(C)C)C1. The van der Waals surface area contributed by atoms with Gasteiger partial charge in [-0.3, -0.25) is 4.79 Å². The molecule has 0 aromatic rings. The molecule has 17 heavy (non-hydrogen) atoms. The van der Waals surface area contributed by atoms with E-state index in [1.807, 2.05) is 0 Å². The van der Waals surface area contributed by atoms with Crippen LogP contribution in [0.3, 0.4) is 0 Å². The first kappa shape index (κ1) is 14.5. The standard InChI is InChI=1S/C13H25NO3/c1-10(2)5-4-8-17-11-6-7-13(14,9-11)12(15)16-3/h10-11H,4-9,14H2,1-3H3. The monoisotopic (exact) mass is 243 g/mol. The number of rotatable bonds is 6. The summed E-state index contributed by atoms with van der Waals surface area (Å²) in [6, 6.07) is 0. The van der Waals surface area contributed by atoms with Gasteiger partial charge >= 0.3 is 5.97 Å². The van der Waals surface area contributed by atoms with E-state index in [-0.39, 0.29) is 12.1 Å². The highest BCUT2D eigenvalue weighted by Crippen LogP contribution is 2.31. The number of carbonyl (C=O) groups is 1. The van der Waals surface area contributed by atoms with Crippen molar-refractivity contribution in [2.24, 2.45) is 11.7 Å². The van der Waals surface area contributed by atoms with Crippen molar-refractivity contribution in [2.75, 3.05) is 13.7 Å². The molecule has 0 radical (unpaired) electrons. The van der Waals surface area contributed by atoms with E-state index in [0.717, 1.165) is 19.4 Å². The van der Waals surface area contributed by atoms with Gasteiger partial charge in [-0.15, -0.1) is 0 Å².